The number of urea groups is 1. The zero-order valence-corrected chi connectivity index (χ0v) is 16.6. The van der Waals surface area contributed by atoms with Crippen LogP contribution in [0.25, 0.3) is 0 Å². The van der Waals surface area contributed by atoms with Gasteiger partial charge in [-0.1, -0.05) is 12.1 Å². The Hall–Kier alpha value is -3.40. The molecular weight excluding hydrogens is 398 g/mol. The van der Waals surface area contributed by atoms with Crippen LogP contribution >= 0.6 is 11.3 Å². The molecule has 1 aliphatic heterocycles. The Morgan fingerprint density at radius 3 is 2.79 bits per heavy atom. The molecule has 0 radical (unpaired) electrons. The largest absolute Gasteiger partial charge is 0.480 e. The number of esters is 1. The second kappa shape index (κ2) is 8.74. The van der Waals surface area contributed by atoms with E-state index in [4.69, 9.17) is 9.47 Å². The summed E-state index contributed by atoms with van der Waals surface area (Å²) in [6.45, 7) is 3.33. The predicted octanol–water partition coefficient (Wildman–Crippen LogP) is 3.21. The maximum Gasteiger partial charge on any atom is 0.338 e. The van der Waals surface area contributed by atoms with Crippen molar-refractivity contribution in [2.75, 3.05) is 13.2 Å². The summed E-state index contributed by atoms with van der Waals surface area (Å²) in [4.78, 5) is 36.3. The number of nitro benzene ring substituents is 1. The SMILES string of the molecule is CCOC(=O)C1=C(COc2ccc(C)cc2[N+](=O)[O-])NC(=O)NC1c1cccs1. The maximum atomic E-state index is 12.6. The number of thiophene rings is 1. The highest BCUT2D eigenvalue weighted by molar-refractivity contribution is 7.10. The second-order valence-electron chi connectivity index (χ2n) is 6.18. The summed E-state index contributed by atoms with van der Waals surface area (Å²) in [5.74, 6) is -0.563. The number of nitro groups is 1. The summed E-state index contributed by atoms with van der Waals surface area (Å²) in [5.41, 5.74) is 0.908. The molecule has 1 atom stereocenters. The van der Waals surface area contributed by atoms with Gasteiger partial charge in [0.2, 0.25) is 0 Å². The smallest absolute Gasteiger partial charge is 0.338 e. The molecule has 2 N–H and O–H groups in total. The van der Waals surface area contributed by atoms with Gasteiger partial charge in [0.25, 0.3) is 0 Å². The van der Waals surface area contributed by atoms with E-state index >= 15 is 0 Å². The third-order valence-corrected chi connectivity index (χ3v) is 5.10. The number of hydrogen-bond acceptors (Lipinski definition) is 7. The average molecular weight is 417 g/mol. The molecule has 1 aliphatic rings. The molecule has 1 unspecified atom stereocenters. The van der Waals surface area contributed by atoms with Gasteiger partial charge in [0.05, 0.1) is 28.8 Å². The number of nitrogens with zero attached hydrogens (tertiary/aromatic N) is 1. The van der Waals surface area contributed by atoms with Crippen LogP contribution in [0, 0.1) is 17.0 Å². The summed E-state index contributed by atoms with van der Waals surface area (Å²) in [6, 6.07) is 6.95. The molecule has 2 aromatic rings. The molecule has 2 heterocycles. The standard InChI is InChI=1S/C19H19N3O6S/c1-3-27-18(23)16-12(20-19(24)21-17(16)15-5-4-8-29-15)10-28-14-7-6-11(2)9-13(14)22(25)26/h4-9,17H,3,10H2,1-2H3,(H2,20,21,24). The van der Waals surface area contributed by atoms with Gasteiger partial charge in [-0.3, -0.25) is 10.1 Å². The Balaban J connectivity index is 1.97. The van der Waals surface area contributed by atoms with Crippen LogP contribution in [0.1, 0.15) is 23.4 Å². The van der Waals surface area contributed by atoms with Crippen LogP contribution in [0.5, 0.6) is 5.75 Å². The summed E-state index contributed by atoms with van der Waals surface area (Å²) < 4.78 is 10.8. The number of rotatable bonds is 7. The number of hydrogen-bond donors (Lipinski definition) is 2. The molecule has 1 aromatic carbocycles. The lowest BCUT2D eigenvalue weighted by Gasteiger charge is -2.28. The Morgan fingerprint density at radius 1 is 1.34 bits per heavy atom. The highest BCUT2D eigenvalue weighted by Gasteiger charge is 2.34. The van der Waals surface area contributed by atoms with Gasteiger partial charge < -0.3 is 20.1 Å². The van der Waals surface area contributed by atoms with Crippen molar-refractivity contribution >= 4 is 29.0 Å². The summed E-state index contributed by atoms with van der Waals surface area (Å²) >= 11 is 1.38. The minimum absolute atomic E-state index is 0.0387. The number of ether oxygens (including phenoxy) is 2. The van der Waals surface area contributed by atoms with Crippen LogP contribution < -0.4 is 15.4 Å². The van der Waals surface area contributed by atoms with Crippen LogP contribution in [0.3, 0.4) is 0 Å². The van der Waals surface area contributed by atoms with Gasteiger partial charge in [0.15, 0.2) is 5.75 Å². The van der Waals surface area contributed by atoms with E-state index in [9.17, 15) is 19.7 Å². The number of amides is 2. The molecule has 152 valence electrons. The van der Waals surface area contributed by atoms with E-state index in [-0.39, 0.29) is 35.9 Å². The first kappa shape index (κ1) is 20.3. The van der Waals surface area contributed by atoms with E-state index in [1.54, 1.807) is 26.0 Å². The normalized spacial score (nSPS) is 16.1. The molecule has 0 aliphatic carbocycles. The van der Waals surface area contributed by atoms with Crippen molar-refractivity contribution in [2.24, 2.45) is 0 Å². The first-order valence-electron chi connectivity index (χ1n) is 8.79. The zero-order valence-electron chi connectivity index (χ0n) is 15.8. The summed E-state index contributed by atoms with van der Waals surface area (Å²) in [5, 5.41) is 18.4. The number of carbonyl (C=O) groups is 2. The molecule has 0 saturated carbocycles. The fraction of sp³-hybridized carbons (Fsp3) is 0.263. The predicted molar refractivity (Wildman–Crippen MR) is 106 cm³/mol. The van der Waals surface area contributed by atoms with Crippen LogP contribution in [0.4, 0.5) is 10.5 Å². The van der Waals surface area contributed by atoms with Gasteiger partial charge in [-0.15, -0.1) is 11.3 Å². The number of aryl methyl sites for hydroxylation is 1. The topological polar surface area (TPSA) is 120 Å². The second-order valence-corrected chi connectivity index (χ2v) is 7.16. The van der Waals surface area contributed by atoms with Crippen molar-refractivity contribution in [1.82, 2.24) is 10.6 Å². The lowest BCUT2D eigenvalue weighted by molar-refractivity contribution is -0.385. The molecule has 9 nitrogen and oxygen atoms in total. The van der Waals surface area contributed by atoms with Crippen LogP contribution in [0.2, 0.25) is 0 Å². The van der Waals surface area contributed by atoms with Gasteiger partial charge in [-0.05, 0) is 36.9 Å². The van der Waals surface area contributed by atoms with E-state index in [0.717, 1.165) is 4.88 Å². The quantitative estimate of drug-likeness (QED) is 0.405. The Bertz CT molecular complexity index is 970. The minimum atomic E-state index is -0.700. The fourth-order valence-electron chi connectivity index (χ4n) is 2.89. The first-order valence-corrected chi connectivity index (χ1v) is 9.67. The lowest BCUT2D eigenvalue weighted by atomic mass is 10.0. The molecule has 0 bridgehead atoms. The molecule has 2 amide bonds. The van der Waals surface area contributed by atoms with Gasteiger partial charge in [-0.2, -0.15) is 0 Å². The van der Waals surface area contributed by atoms with E-state index in [0.29, 0.717) is 5.56 Å². The highest BCUT2D eigenvalue weighted by atomic mass is 32.1. The van der Waals surface area contributed by atoms with Gasteiger partial charge >= 0.3 is 17.7 Å². The van der Waals surface area contributed by atoms with Crippen molar-refractivity contribution in [3.05, 3.63) is 67.5 Å². The molecule has 29 heavy (non-hydrogen) atoms. The Morgan fingerprint density at radius 2 is 2.14 bits per heavy atom. The lowest BCUT2D eigenvalue weighted by Crippen LogP contribution is -2.47. The molecule has 0 saturated heterocycles. The molecule has 10 heteroatoms. The fourth-order valence-corrected chi connectivity index (χ4v) is 3.68. The zero-order chi connectivity index (χ0) is 21.0. The molecule has 0 fully saturated rings. The van der Waals surface area contributed by atoms with Crippen molar-refractivity contribution in [2.45, 2.75) is 19.9 Å². The number of nitrogens with one attached hydrogen (secondary N) is 2. The van der Waals surface area contributed by atoms with Gasteiger partial charge in [0.1, 0.15) is 6.61 Å². The van der Waals surface area contributed by atoms with Gasteiger partial charge in [-0.25, -0.2) is 9.59 Å². The first-order chi connectivity index (χ1) is 13.9. The van der Waals surface area contributed by atoms with Gasteiger partial charge in [0, 0.05) is 10.9 Å². The number of benzene rings is 1. The molecule has 1 aromatic heterocycles. The van der Waals surface area contributed by atoms with E-state index in [2.05, 4.69) is 10.6 Å². The van der Waals surface area contributed by atoms with Crippen molar-refractivity contribution in [3.8, 4) is 5.75 Å². The van der Waals surface area contributed by atoms with Crippen molar-refractivity contribution in [3.63, 3.8) is 0 Å². The van der Waals surface area contributed by atoms with E-state index in [1.165, 1.54) is 23.5 Å². The van der Waals surface area contributed by atoms with E-state index in [1.807, 2.05) is 11.4 Å². The monoisotopic (exact) mass is 417 g/mol. The third kappa shape index (κ3) is 4.54. The highest BCUT2D eigenvalue weighted by Crippen LogP contribution is 2.32. The Kier molecular flexibility index (Phi) is 6.13. The van der Waals surface area contributed by atoms with Crippen LogP contribution in [-0.4, -0.2) is 30.1 Å². The Labute approximate surface area is 170 Å². The number of carbonyl (C=O) groups excluding carboxylic acids is 2. The molecule has 0 spiro atoms. The maximum absolute atomic E-state index is 12.6. The third-order valence-electron chi connectivity index (χ3n) is 4.16. The van der Waals surface area contributed by atoms with Crippen molar-refractivity contribution in [1.29, 1.82) is 0 Å². The summed E-state index contributed by atoms with van der Waals surface area (Å²) in [7, 11) is 0. The van der Waals surface area contributed by atoms with Crippen LogP contribution in [0.15, 0.2) is 47.0 Å². The average Bonchev–Trinajstić information content (AvgIpc) is 3.21. The van der Waals surface area contributed by atoms with Crippen LogP contribution in [-0.2, 0) is 9.53 Å². The molecular formula is C19H19N3O6S. The van der Waals surface area contributed by atoms with E-state index < -0.39 is 23.0 Å². The van der Waals surface area contributed by atoms with Crippen molar-refractivity contribution < 1.29 is 24.0 Å². The minimum Gasteiger partial charge on any atom is -0.480 e. The molecule has 3 rings (SSSR count). The summed E-state index contributed by atoms with van der Waals surface area (Å²) in [6.07, 6.45) is 0.